The molecule has 0 saturated carbocycles. The number of amides is 2. The van der Waals surface area contributed by atoms with Gasteiger partial charge in [-0.1, -0.05) is 91.8 Å². The summed E-state index contributed by atoms with van der Waals surface area (Å²) in [6, 6.07) is 18.0. The van der Waals surface area contributed by atoms with E-state index in [1.807, 2.05) is 75.4 Å². The summed E-state index contributed by atoms with van der Waals surface area (Å²) in [6.07, 6.45) is 6.02. The molecule has 5 rings (SSSR count). The van der Waals surface area contributed by atoms with E-state index in [0.29, 0.717) is 23.2 Å². The number of thiophene rings is 1. The number of hydrogen-bond donors (Lipinski definition) is 2. The molecule has 1 aliphatic heterocycles. The van der Waals surface area contributed by atoms with Gasteiger partial charge in [0.25, 0.3) is 5.91 Å². The van der Waals surface area contributed by atoms with Crippen LogP contribution in [0.1, 0.15) is 88.3 Å². The summed E-state index contributed by atoms with van der Waals surface area (Å²) < 4.78 is 5.88. The molecule has 0 radical (unpaired) electrons. The van der Waals surface area contributed by atoms with Crippen molar-refractivity contribution >= 4 is 29.1 Å². The van der Waals surface area contributed by atoms with Gasteiger partial charge in [-0.3, -0.25) is 14.4 Å². The van der Waals surface area contributed by atoms with Crippen molar-refractivity contribution in [2.75, 3.05) is 13.2 Å². The summed E-state index contributed by atoms with van der Waals surface area (Å²) in [5.41, 5.74) is 2.99. The van der Waals surface area contributed by atoms with Crippen LogP contribution >= 0.6 is 11.3 Å². The van der Waals surface area contributed by atoms with E-state index in [4.69, 9.17) is 4.74 Å². The van der Waals surface area contributed by atoms with E-state index in [0.717, 1.165) is 45.7 Å². The number of hydrogen-bond acceptors (Lipinski definition) is 7. The first-order valence-electron chi connectivity index (χ1n) is 18.1. The molecule has 1 aliphatic rings. The largest absolute Gasteiger partial charge is 0.494 e. The summed E-state index contributed by atoms with van der Waals surface area (Å²) >= 11 is 1.41. The van der Waals surface area contributed by atoms with E-state index in [2.05, 4.69) is 49.9 Å². The number of aromatic nitrogens is 2. The molecule has 1 saturated heterocycles. The monoisotopic (exact) mass is 724 g/mol. The molecule has 52 heavy (non-hydrogen) atoms. The third kappa shape index (κ3) is 9.45. The molecular weight excluding hydrogens is 673 g/mol. The lowest BCUT2D eigenvalue weighted by Gasteiger charge is -2.53. The summed E-state index contributed by atoms with van der Waals surface area (Å²) in [5, 5.41) is 12.8. The fraction of sp³-hybridized carbons (Fsp3) is 0.452. The first kappa shape index (κ1) is 38.7. The quantitative estimate of drug-likeness (QED) is 0.133. The summed E-state index contributed by atoms with van der Waals surface area (Å²) in [4.78, 5) is 52.1. The molecule has 10 heteroatoms. The van der Waals surface area contributed by atoms with Crippen molar-refractivity contribution in [1.29, 1.82) is 0 Å². The molecule has 1 fully saturated rings. The van der Waals surface area contributed by atoms with Crippen LogP contribution in [0, 0.1) is 17.3 Å². The molecule has 9 nitrogen and oxygen atoms in total. The van der Waals surface area contributed by atoms with Gasteiger partial charge in [-0.25, -0.2) is 9.97 Å². The zero-order valence-corrected chi connectivity index (χ0v) is 32.4. The van der Waals surface area contributed by atoms with Crippen LogP contribution in [0.3, 0.4) is 0 Å². The highest BCUT2D eigenvalue weighted by Gasteiger charge is 2.52. The van der Waals surface area contributed by atoms with Gasteiger partial charge in [0.2, 0.25) is 5.91 Å². The maximum absolute atomic E-state index is 14.1. The van der Waals surface area contributed by atoms with Crippen LogP contribution < -0.4 is 10.1 Å². The lowest BCUT2D eigenvalue weighted by molar-refractivity contribution is -0.168. The van der Waals surface area contributed by atoms with Gasteiger partial charge in [-0.05, 0) is 65.0 Å². The molecule has 3 atom stereocenters. The van der Waals surface area contributed by atoms with Crippen molar-refractivity contribution in [3.8, 4) is 28.3 Å². The lowest BCUT2D eigenvalue weighted by Crippen LogP contribution is -2.68. The smallest absolute Gasteiger partial charge is 0.310 e. The second-order valence-corrected chi connectivity index (χ2v) is 17.4. The van der Waals surface area contributed by atoms with E-state index >= 15 is 0 Å². The Kier molecular flexibility index (Phi) is 11.9. The maximum atomic E-state index is 14.1. The molecular formula is C42H52N4O5S. The number of carboxylic acid groups (broad SMARTS) is 1. The second-order valence-electron chi connectivity index (χ2n) is 16.3. The van der Waals surface area contributed by atoms with Crippen LogP contribution in [-0.2, 0) is 21.4 Å². The minimum absolute atomic E-state index is 0.109. The third-order valence-corrected chi connectivity index (χ3v) is 11.0. The number of nitrogens with zero attached hydrogens (tertiary/aromatic N) is 3. The number of rotatable bonds is 13. The van der Waals surface area contributed by atoms with Crippen molar-refractivity contribution in [2.45, 2.75) is 92.2 Å². The molecule has 0 aliphatic carbocycles. The lowest BCUT2D eigenvalue weighted by atomic mass is 9.71. The Morgan fingerprint density at radius 2 is 1.54 bits per heavy atom. The Balaban J connectivity index is 1.29. The van der Waals surface area contributed by atoms with Crippen molar-refractivity contribution in [1.82, 2.24) is 20.2 Å². The first-order chi connectivity index (χ1) is 24.5. The van der Waals surface area contributed by atoms with Crippen LogP contribution in [0.15, 0.2) is 73.1 Å². The standard InChI is InChI=1S/C42H52N4O5S/c1-26(2)10-9-21-51-31-17-15-28(16-18-31)30-23-43-37(44-24-30)29-13-11-27(12-14-29)22-33(45-38(47)34-19-20-35(52-34)41(3,4)5)39(48)46-25-32(40(49)50)36(46)42(6,7)8/h11-20,23-24,26,32-33,36H,9-10,21-22,25H2,1-8H3,(H,45,47)(H,49,50). The number of aliphatic carboxylic acids is 1. The van der Waals surface area contributed by atoms with Crippen molar-refractivity contribution in [3.63, 3.8) is 0 Å². The Bertz CT molecular complexity index is 1840. The maximum Gasteiger partial charge on any atom is 0.310 e. The summed E-state index contributed by atoms with van der Waals surface area (Å²) in [5.74, 6) is -0.0980. The number of ether oxygens (including phenoxy) is 1. The van der Waals surface area contributed by atoms with Gasteiger partial charge in [-0.2, -0.15) is 0 Å². The van der Waals surface area contributed by atoms with Gasteiger partial charge in [-0.15, -0.1) is 11.3 Å². The third-order valence-electron chi connectivity index (χ3n) is 9.46. The fourth-order valence-corrected chi connectivity index (χ4v) is 7.55. The molecule has 2 amide bonds. The highest BCUT2D eigenvalue weighted by molar-refractivity contribution is 7.14. The normalized spacial score (nSPS) is 16.7. The van der Waals surface area contributed by atoms with Crippen LogP contribution in [0.4, 0.5) is 0 Å². The van der Waals surface area contributed by atoms with E-state index in [9.17, 15) is 19.5 Å². The summed E-state index contributed by atoms with van der Waals surface area (Å²) in [6.45, 7) is 17.3. The van der Waals surface area contributed by atoms with Crippen LogP contribution in [0.5, 0.6) is 5.75 Å². The average molecular weight is 725 g/mol. The van der Waals surface area contributed by atoms with Gasteiger partial charge in [0.1, 0.15) is 11.8 Å². The van der Waals surface area contributed by atoms with Gasteiger partial charge in [0.15, 0.2) is 5.82 Å². The Morgan fingerprint density at radius 1 is 0.904 bits per heavy atom. The summed E-state index contributed by atoms with van der Waals surface area (Å²) in [7, 11) is 0. The van der Waals surface area contributed by atoms with Gasteiger partial charge in [0.05, 0.1) is 23.4 Å². The van der Waals surface area contributed by atoms with Gasteiger partial charge >= 0.3 is 5.97 Å². The van der Waals surface area contributed by atoms with E-state index in [1.165, 1.54) is 11.3 Å². The zero-order chi connectivity index (χ0) is 37.8. The van der Waals surface area contributed by atoms with Crippen molar-refractivity contribution < 1.29 is 24.2 Å². The van der Waals surface area contributed by atoms with Crippen molar-refractivity contribution in [2.24, 2.45) is 17.3 Å². The average Bonchev–Trinajstić information content (AvgIpc) is 3.58. The molecule has 4 aromatic rings. The molecule has 2 aromatic carbocycles. The van der Waals surface area contributed by atoms with Gasteiger partial charge in [0, 0.05) is 41.4 Å². The highest BCUT2D eigenvalue weighted by Crippen LogP contribution is 2.39. The van der Waals surface area contributed by atoms with Crippen molar-refractivity contribution in [3.05, 3.63) is 88.4 Å². The predicted octanol–water partition coefficient (Wildman–Crippen LogP) is 8.28. The van der Waals surface area contributed by atoms with E-state index in [-0.39, 0.29) is 30.2 Å². The molecule has 3 heterocycles. The number of carbonyl (C=O) groups excluding carboxylic acids is 2. The topological polar surface area (TPSA) is 122 Å². The first-order valence-corrected chi connectivity index (χ1v) is 18.9. The zero-order valence-electron chi connectivity index (χ0n) is 31.6. The molecule has 0 spiro atoms. The molecule has 2 N–H and O–H groups in total. The minimum Gasteiger partial charge on any atom is -0.494 e. The fourth-order valence-electron chi connectivity index (χ4n) is 6.59. The Morgan fingerprint density at radius 3 is 2.10 bits per heavy atom. The number of likely N-dealkylation sites (tertiary alicyclic amines) is 1. The van der Waals surface area contributed by atoms with Crippen LogP contribution in [0.2, 0.25) is 0 Å². The minimum atomic E-state index is -0.917. The highest BCUT2D eigenvalue weighted by atomic mass is 32.1. The molecule has 276 valence electrons. The Labute approximate surface area is 311 Å². The molecule has 0 bridgehead atoms. The number of carbonyl (C=O) groups is 3. The van der Waals surface area contributed by atoms with E-state index in [1.54, 1.807) is 23.4 Å². The number of carboxylic acids is 1. The van der Waals surface area contributed by atoms with Gasteiger partial charge < -0.3 is 20.1 Å². The number of nitrogens with one attached hydrogen (secondary N) is 1. The Hall–Kier alpha value is -4.57. The van der Waals surface area contributed by atoms with E-state index < -0.39 is 29.4 Å². The SMILES string of the molecule is CC(C)CCCOc1ccc(-c2cnc(-c3ccc(CC(NC(=O)c4ccc(C(C)(C)C)s4)C(=O)N4CC(C(=O)O)C4C(C)(C)C)cc3)nc2)cc1. The van der Waals surface area contributed by atoms with Crippen LogP contribution in [0.25, 0.3) is 22.5 Å². The molecule has 2 aromatic heterocycles. The number of benzene rings is 2. The second kappa shape index (κ2) is 16.0. The van der Waals surface area contributed by atoms with Crippen LogP contribution in [-0.4, -0.2) is 63.0 Å². The predicted molar refractivity (Wildman–Crippen MR) is 207 cm³/mol. The molecule has 3 unspecified atom stereocenters.